The first kappa shape index (κ1) is 21.2. The van der Waals surface area contributed by atoms with Gasteiger partial charge in [-0.15, -0.1) is 0 Å². The van der Waals surface area contributed by atoms with E-state index in [0.717, 1.165) is 44.8 Å². The van der Waals surface area contributed by atoms with E-state index in [9.17, 15) is 14.4 Å². The molecule has 3 amide bonds. The summed E-state index contributed by atoms with van der Waals surface area (Å²) < 4.78 is 5.35. The van der Waals surface area contributed by atoms with E-state index in [4.69, 9.17) is 9.57 Å². The van der Waals surface area contributed by atoms with E-state index < -0.39 is 5.91 Å². The largest absolute Gasteiger partial charge is 0.370 e. The third-order valence-corrected chi connectivity index (χ3v) is 5.59. The van der Waals surface area contributed by atoms with Crippen molar-refractivity contribution in [2.75, 3.05) is 39.4 Å². The maximum absolute atomic E-state index is 12.8. The van der Waals surface area contributed by atoms with Gasteiger partial charge in [0.25, 0.3) is 17.7 Å². The van der Waals surface area contributed by atoms with Crippen LogP contribution in [0, 0.1) is 0 Å². The quantitative estimate of drug-likeness (QED) is 0.475. The number of ether oxygens (including phenoxy) is 1. The molecule has 0 atom stereocenters. The lowest BCUT2D eigenvalue weighted by atomic mass is 10.1. The molecule has 1 fully saturated rings. The molecule has 0 unspecified atom stereocenters. The van der Waals surface area contributed by atoms with E-state index in [2.05, 4.69) is 5.48 Å². The molecule has 2 aliphatic rings. The summed E-state index contributed by atoms with van der Waals surface area (Å²) in [6.07, 6.45) is 0.738. The minimum Gasteiger partial charge on any atom is -0.370 e. The van der Waals surface area contributed by atoms with E-state index in [0.29, 0.717) is 12.1 Å². The third kappa shape index (κ3) is 4.99. The van der Waals surface area contributed by atoms with Gasteiger partial charge < -0.3 is 9.64 Å². The van der Waals surface area contributed by atoms with Crippen LogP contribution in [0.15, 0.2) is 48.5 Å². The maximum atomic E-state index is 12.8. The number of hydrogen-bond donors (Lipinski definition) is 2. The van der Waals surface area contributed by atoms with E-state index in [-0.39, 0.29) is 29.5 Å². The van der Waals surface area contributed by atoms with Gasteiger partial charge in [0, 0.05) is 18.5 Å². The van der Waals surface area contributed by atoms with Crippen molar-refractivity contribution in [1.82, 2.24) is 10.4 Å². The molecule has 8 nitrogen and oxygen atoms in total. The number of nitrogens with one attached hydrogen (secondary N) is 2. The van der Waals surface area contributed by atoms with E-state index in [1.54, 1.807) is 0 Å². The Morgan fingerprint density at radius 3 is 2.55 bits per heavy atom. The van der Waals surface area contributed by atoms with Gasteiger partial charge in [-0.25, -0.2) is 5.48 Å². The van der Waals surface area contributed by atoms with Gasteiger partial charge >= 0.3 is 0 Å². The first-order valence-corrected chi connectivity index (χ1v) is 10.5. The van der Waals surface area contributed by atoms with E-state index >= 15 is 0 Å². The summed E-state index contributed by atoms with van der Waals surface area (Å²) in [4.78, 5) is 45.8. The molecule has 0 spiro atoms. The number of nitrogens with zero attached hydrogens (tertiary/aromatic N) is 1. The number of carbonyl (C=O) groups is 3. The average molecular weight is 424 g/mol. The van der Waals surface area contributed by atoms with Crippen LogP contribution in [0.2, 0.25) is 0 Å². The highest BCUT2D eigenvalue weighted by Crippen LogP contribution is 2.24. The Hall–Kier alpha value is -3.07. The van der Waals surface area contributed by atoms with Crippen LogP contribution in [-0.4, -0.2) is 62.0 Å². The lowest BCUT2D eigenvalue weighted by Gasteiger charge is -2.24. The van der Waals surface area contributed by atoms with Gasteiger partial charge in [-0.3, -0.25) is 24.1 Å². The number of quaternary nitrogens is 1. The topological polar surface area (TPSA) is 89.4 Å². The molecule has 2 heterocycles. The summed E-state index contributed by atoms with van der Waals surface area (Å²) in [5, 5.41) is 0. The molecule has 2 aliphatic heterocycles. The number of morpholine rings is 1. The SMILES string of the molecule is O=C(NOCc1ccccc1)c1ccc2c(c1)C(=O)N(CCC[NH+]1CCOCC1)C2=O. The molecule has 0 bridgehead atoms. The molecule has 162 valence electrons. The smallest absolute Gasteiger partial charge is 0.274 e. The number of hydroxylamine groups is 1. The van der Waals surface area contributed by atoms with Gasteiger partial charge in [0.15, 0.2) is 0 Å². The van der Waals surface area contributed by atoms with Crippen molar-refractivity contribution < 1.29 is 28.9 Å². The molecule has 2 aromatic rings. The summed E-state index contributed by atoms with van der Waals surface area (Å²) in [5.74, 6) is -1.12. The van der Waals surface area contributed by atoms with Crippen LogP contribution in [0.4, 0.5) is 0 Å². The third-order valence-electron chi connectivity index (χ3n) is 5.59. The number of carbonyl (C=O) groups excluding carboxylic acids is 3. The highest BCUT2D eigenvalue weighted by Gasteiger charge is 2.35. The zero-order valence-corrected chi connectivity index (χ0v) is 17.3. The summed E-state index contributed by atoms with van der Waals surface area (Å²) >= 11 is 0. The Morgan fingerprint density at radius 2 is 1.77 bits per heavy atom. The number of imide groups is 1. The number of rotatable bonds is 8. The Labute approximate surface area is 180 Å². The number of hydrogen-bond acceptors (Lipinski definition) is 5. The van der Waals surface area contributed by atoms with Crippen LogP contribution in [0.5, 0.6) is 0 Å². The zero-order chi connectivity index (χ0) is 21.6. The Kier molecular flexibility index (Phi) is 6.71. The monoisotopic (exact) mass is 424 g/mol. The Balaban J connectivity index is 1.32. The summed E-state index contributed by atoms with van der Waals surface area (Å²) in [6.45, 7) is 4.90. The molecule has 0 aliphatic carbocycles. The maximum Gasteiger partial charge on any atom is 0.274 e. The van der Waals surface area contributed by atoms with Gasteiger partial charge in [-0.05, 0) is 23.8 Å². The average Bonchev–Trinajstić information content (AvgIpc) is 3.05. The van der Waals surface area contributed by atoms with E-state index in [1.165, 1.54) is 28.0 Å². The molecule has 1 saturated heterocycles. The minimum atomic E-state index is -0.464. The molecule has 0 saturated carbocycles. The van der Waals surface area contributed by atoms with Crippen LogP contribution in [0.1, 0.15) is 43.1 Å². The van der Waals surface area contributed by atoms with Crippen LogP contribution < -0.4 is 10.4 Å². The fraction of sp³-hybridized carbons (Fsp3) is 0.348. The Morgan fingerprint density at radius 1 is 1.03 bits per heavy atom. The first-order valence-electron chi connectivity index (χ1n) is 10.5. The number of fused-ring (bicyclic) bond motifs is 1. The predicted octanol–water partition coefficient (Wildman–Crippen LogP) is 0.449. The number of benzene rings is 2. The molecule has 4 rings (SSSR count). The molecular formula is C23H26N3O5+. The lowest BCUT2D eigenvalue weighted by molar-refractivity contribution is -0.908. The molecule has 2 N–H and O–H groups in total. The Bertz CT molecular complexity index is 957. The normalized spacial score (nSPS) is 16.5. The van der Waals surface area contributed by atoms with Gasteiger partial charge in [0.05, 0.1) is 37.5 Å². The molecule has 2 aromatic carbocycles. The van der Waals surface area contributed by atoms with Gasteiger partial charge in [-0.1, -0.05) is 30.3 Å². The fourth-order valence-electron chi connectivity index (χ4n) is 3.85. The molecular weight excluding hydrogens is 398 g/mol. The molecule has 0 radical (unpaired) electrons. The fourth-order valence-corrected chi connectivity index (χ4v) is 3.85. The number of amides is 3. The van der Waals surface area contributed by atoms with Gasteiger partial charge in [-0.2, -0.15) is 0 Å². The van der Waals surface area contributed by atoms with Crippen LogP contribution in [-0.2, 0) is 16.2 Å². The first-order chi connectivity index (χ1) is 15.1. The second kappa shape index (κ2) is 9.82. The van der Waals surface area contributed by atoms with Crippen LogP contribution >= 0.6 is 0 Å². The standard InChI is InChI=1S/C23H25N3O5/c27-21(24-31-16-17-5-2-1-3-6-17)18-7-8-19-20(15-18)23(29)26(22(19)28)10-4-9-25-11-13-30-14-12-25/h1-3,5-8,15H,4,9-14,16H2,(H,24,27)/p+1. The molecule has 31 heavy (non-hydrogen) atoms. The van der Waals surface area contributed by atoms with Gasteiger partial charge in [0.2, 0.25) is 0 Å². The van der Waals surface area contributed by atoms with Crippen molar-refractivity contribution in [3.8, 4) is 0 Å². The molecule has 0 aromatic heterocycles. The highest BCUT2D eigenvalue weighted by molar-refractivity contribution is 6.22. The summed E-state index contributed by atoms with van der Waals surface area (Å²) in [7, 11) is 0. The zero-order valence-electron chi connectivity index (χ0n) is 17.3. The minimum absolute atomic E-state index is 0.230. The van der Waals surface area contributed by atoms with Gasteiger partial charge in [0.1, 0.15) is 13.1 Å². The molecule has 8 heteroatoms. The summed E-state index contributed by atoms with van der Waals surface area (Å²) in [5.41, 5.74) is 4.18. The second-order valence-electron chi connectivity index (χ2n) is 7.69. The van der Waals surface area contributed by atoms with Crippen molar-refractivity contribution in [1.29, 1.82) is 0 Å². The highest BCUT2D eigenvalue weighted by atomic mass is 16.6. The van der Waals surface area contributed by atoms with Crippen molar-refractivity contribution in [3.05, 3.63) is 70.8 Å². The van der Waals surface area contributed by atoms with Crippen molar-refractivity contribution in [3.63, 3.8) is 0 Å². The van der Waals surface area contributed by atoms with Crippen molar-refractivity contribution in [2.24, 2.45) is 0 Å². The summed E-state index contributed by atoms with van der Waals surface area (Å²) in [6, 6.07) is 14.0. The van der Waals surface area contributed by atoms with Crippen LogP contribution in [0.3, 0.4) is 0 Å². The second-order valence-corrected chi connectivity index (χ2v) is 7.69. The van der Waals surface area contributed by atoms with Crippen molar-refractivity contribution >= 4 is 17.7 Å². The van der Waals surface area contributed by atoms with E-state index in [1.807, 2.05) is 30.3 Å². The lowest BCUT2D eigenvalue weighted by Crippen LogP contribution is -3.14. The van der Waals surface area contributed by atoms with Crippen LogP contribution in [0.25, 0.3) is 0 Å². The van der Waals surface area contributed by atoms with Crippen molar-refractivity contribution in [2.45, 2.75) is 13.0 Å². The predicted molar refractivity (Wildman–Crippen MR) is 112 cm³/mol.